The smallest absolute Gasteiger partial charge is 0.472 e. The van der Waals surface area contributed by atoms with E-state index in [2.05, 4.69) is 30.5 Å². The van der Waals surface area contributed by atoms with Crippen molar-refractivity contribution >= 4 is 25.7 Å². The molecular formula is C47H90NO10P. The van der Waals surface area contributed by atoms with Crippen molar-refractivity contribution in [1.82, 2.24) is 0 Å². The molecule has 0 fully saturated rings. The Kier molecular flexibility index (Phi) is 41.6. The van der Waals surface area contributed by atoms with Crippen molar-refractivity contribution in [1.29, 1.82) is 0 Å². The number of carbonyl (C=O) groups excluding carboxylic acids is 2. The number of esters is 2. The van der Waals surface area contributed by atoms with Gasteiger partial charge in [0.05, 0.1) is 13.2 Å². The van der Waals surface area contributed by atoms with E-state index >= 15 is 0 Å². The van der Waals surface area contributed by atoms with Crippen LogP contribution in [0.3, 0.4) is 0 Å². The van der Waals surface area contributed by atoms with Gasteiger partial charge in [0, 0.05) is 12.8 Å². The molecule has 12 heteroatoms. The molecule has 3 atom stereocenters. The van der Waals surface area contributed by atoms with Crippen molar-refractivity contribution in [3.8, 4) is 0 Å². The van der Waals surface area contributed by atoms with Gasteiger partial charge in [-0.15, -0.1) is 0 Å². The molecule has 0 saturated heterocycles. The summed E-state index contributed by atoms with van der Waals surface area (Å²) in [6.07, 6.45) is 44.1. The Morgan fingerprint density at radius 3 is 1.24 bits per heavy atom. The summed E-state index contributed by atoms with van der Waals surface area (Å²) in [6.45, 7) is 2.84. The van der Waals surface area contributed by atoms with Crippen molar-refractivity contribution < 1.29 is 47.5 Å². The average Bonchev–Trinajstić information content (AvgIpc) is 3.21. The Balaban J connectivity index is 4.25. The first kappa shape index (κ1) is 57.2. The van der Waals surface area contributed by atoms with Gasteiger partial charge < -0.3 is 25.2 Å². The monoisotopic (exact) mass is 860 g/mol. The van der Waals surface area contributed by atoms with Crippen molar-refractivity contribution in [3.63, 3.8) is 0 Å². The molecule has 0 bridgehead atoms. The average molecular weight is 860 g/mol. The van der Waals surface area contributed by atoms with Crippen LogP contribution in [0.5, 0.6) is 0 Å². The van der Waals surface area contributed by atoms with Crippen LogP contribution in [0, 0.1) is 0 Å². The predicted molar refractivity (Wildman–Crippen MR) is 240 cm³/mol. The standard InChI is InChI=1S/C47H90NO10P/c1-3-5-7-9-11-13-15-17-19-21-22-23-25-26-28-30-32-34-36-38-45(49)55-40-43(41-56-59(53,54)57-42-44(48)47(51)52)58-46(50)39-37-35-33-31-29-27-24-20-18-16-14-12-10-8-6-4-2/h17,19,43-44H,3-16,18,20-42,48H2,1-2H3,(H,51,52)(H,53,54)/b19-17+/t43-,44+/m1/s1. The number of unbranched alkanes of at least 4 members (excludes halogenated alkanes) is 30. The van der Waals surface area contributed by atoms with Gasteiger partial charge in [0.1, 0.15) is 12.6 Å². The summed E-state index contributed by atoms with van der Waals surface area (Å²) in [5.74, 6) is -2.36. The quantitative estimate of drug-likeness (QED) is 0.0230. The molecule has 0 aliphatic rings. The molecule has 348 valence electrons. The highest BCUT2D eigenvalue weighted by Gasteiger charge is 2.28. The zero-order valence-electron chi connectivity index (χ0n) is 37.9. The first-order valence-corrected chi connectivity index (χ1v) is 25.7. The third-order valence-electron chi connectivity index (χ3n) is 10.8. The highest BCUT2D eigenvalue weighted by atomic mass is 31.2. The van der Waals surface area contributed by atoms with Crippen LogP contribution >= 0.6 is 7.82 Å². The van der Waals surface area contributed by atoms with Crippen molar-refractivity contribution in [2.45, 2.75) is 251 Å². The summed E-state index contributed by atoms with van der Waals surface area (Å²) < 4.78 is 32.8. The van der Waals surface area contributed by atoms with Crippen LogP contribution in [0.1, 0.15) is 239 Å². The number of carbonyl (C=O) groups is 3. The molecule has 0 aliphatic heterocycles. The minimum absolute atomic E-state index is 0.167. The highest BCUT2D eigenvalue weighted by Crippen LogP contribution is 2.43. The van der Waals surface area contributed by atoms with Crippen LogP contribution in [0.2, 0.25) is 0 Å². The van der Waals surface area contributed by atoms with Crippen molar-refractivity contribution in [3.05, 3.63) is 12.2 Å². The maximum atomic E-state index is 12.7. The van der Waals surface area contributed by atoms with Gasteiger partial charge in [-0.1, -0.05) is 199 Å². The van der Waals surface area contributed by atoms with E-state index in [1.54, 1.807) is 0 Å². The topological polar surface area (TPSA) is 172 Å². The van der Waals surface area contributed by atoms with Crippen LogP contribution < -0.4 is 5.73 Å². The molecule has 0 saturated carbocycles. The van der Waals surface area contributed by atoms with E-state index in [0.717, 1.165) is 38.5 Å². The molecule has 0 spiro atoms. The molecule has 1 unspecified atom stereocenters. The molecule has 11 nitrogen and oxygen atoms in total. The van der Waals surface area contributed by atoms with Gasteiger partial charge in [0.15, 0.2) is 6.10 Å². The summed E-state index contributed by atoms with van der Waals surface area (Å²) in [4.78, 5) is 46.1. The van der Waals surface area contributed by atoms with E-state index in [1.807, 2.05) is 0 Å². The third kappa shape index (κ3) is 42.7. The summed E-state index contributed by atoms with van der Waals surface area (Å²) in [7, 11) is -4.71. The second-order valence-electron chi connectivity index (χ2n) is 16.6. The van der Waals surface area contributed by atoms with Crippen LogP contribution in [-0.4, -0.2) is 59.9 Å². The molecule has 0 aromatic heterocycles. The van der Waals surface area contributed by atoms with Gasteiger partial charge in [0.25, 0.3) is 0 Å². The number of aliphatic carboxylic acids is 1. The third-order valence-corrected chi connectivity index (χ3v) is 11.7. The summed E-state index contributed by atoms with van der Waals surface area (Å²) >= 11 is 0. The Morgan fingerprint density at radius 2 is 0.847 bits per heavy atom. The maximum absolute atomic E-state index is 12.7. The molecule has 4 N–H and O–H groups in total. The van der Waals surface area contributed by atoms with Crippen molar-refractivity contribution in [2.75, 3.05) is 19.8 Å². The lowest BCUT2D eigenvalue weighted by Crippen LogP contribution is -2.34. The minimum Gasteiger partial charge on any atom is -0.480 e. The number of hydrogen-bond acceptors (Lipinski definition) is 9. The van der Waals surface area contributed by atoms with Crippen LogP contribution in [0.4, 0.5) is 0 Å². The van der Waals surface area contributed by atoms with E-state index < -0.39 is 51.1 Å². The minimum atomic E-state index is -4.71. The van der Waals surface area contributed by atoms with E-state index in [-0.39, 0.29) is 19.4 Å². The number of phosphoric ester groups is 1. The Labute approximate surface area is 360 Å². The highest BCUT2D eigenvalue weighted by molar-refractivity contribution is 7.47. The van der Waals surface area contributed by atoms with E-state index in [1.165, 1.54) is 161 Å². The maximum Gasteiger partial charge on any atom is 0.472 e. The van der Waals surface area contributed by atoms with Crippen LogP contribution in [0.15, 0.2) is 12.2 Å². The number of nitrogens with two attached hydrogens (primary N) is 1. The van der Waals surface area contributed by atoms with Crippen LogP contribution in [-0.2, 0) is 37.5 Å². The lowest BCUT2D eigenvalue weighted by atomic mass is 10.0. The molecule has 59 heavy (non-hydrogen) atoms. The second-order valence-corrected chi connectivity index (χ2v) is 18.1. The van der Waals surface area contributed by atoms with Crippen molar-refractivity contribution in [2.24, 2.45) is 5.73 Å². The molecule has 0 aromatic rings. The number of hydrogen-bond donors (Lipinski definition) is 3. The molecule has 0 rings (SSSR count). The largest absolute Gasteiger partial charge is 0.480 e. The molecule has 0 radical (unpaired) electrons. The number of ether oxygens (including phenoxy) is 2. The van der Waals surface area contributed by atoms with Gasteiger partial charge in [-0.3, -0.25) is 23.4 Å². The fourth-order valence-corrected chi connectivity index (χ4v) is 7.72. The molecular weight excluding hydrogens is 769 g/mol. The lowest BCUT2D eigenvalue weighted by molar-refractivity contribution is -0.161. The predicted octanol–water partition coefficient (Wildman–Crippen LogP) is 13.2. The fraction of sp³-hybridized carbons (Fsp3) is 0.894. The SMILES string of the molecule is CCCCCCCC/C=C/CCCCCCCCCCCC(=O)OC[C@H](COP(=O)(O)OC[C@H](N)C(=O)O)OC(=O)CCCCCCCCCCCCCCCCCC. The molecule has 0 heterocycles. The van der Waals surface area contributed by atoms with E-state index in [0.29, 0.717) is 12.8 Å². The molecule has 0 amide bonds. The number of phosphoric acid groups is 1. The van der Waals surface area contributed by atoms with E-state index in [4.69, 9.17) is 24.8 Å². The van der Waals surface area contributed by atoms with Crippen LogP contribution in [0.25, 0.3) is 0 Å². The number of allylic oxidation sites excluding steroid dienone is 2. The second kappa shape index (κ2) is 42.9. The molecule has 0 aromatic carbocycles. The normalized spacial score (nSPS) is 13.7. The Bertz CT molecular complexity index is 1060. The van der Waals surface area contributed by atoms with Gasteiger partial charge in [0.2, 0.25) is 0 Å². The fourth-order valence-electron chi connectivity index (χ4n) is 6.94. The molecule has 0 aliphatic carbocycles. The number of carboxylic acids is 1. The van der Waals surface area contributed by atoms with Gasteiger partial charge in [-0.2, -0.15) is 0 Å². The number of carboxylic acid groups (broad SMARTS) is 1. The lowest BCUT2D eigenvalue weighted by Gasteiger charge is -2.20. The number of rotatable bonds is 46. The van der Waals surface area contributed by atoms with Gasteiger partial charge in [-0.25, -0.2) is 4.57 Å². The Morgan fingerprint density at radius 1 is 0.508 bits per heavy atom. The first-order chi connectivity index (χ1) is 28.6. The zero-order valence-corrected chi connectivity index (χ0v) is 38.8. The summed E-state index contributed by atoms with van der Waals surface area (Å²) in [5.41, 5.74) is 5.34. The summed E-state index contributed by atoms with van der Waals surface area (Å²) in [5, 5.41) is 8.90. The van der Waals surface area contributed by atoms with Gasteiger partial charge >= 0.3 is 25.7 Å². The Hall–Kier alpha value is -1.78. The van der Waals surface area contributed by atoms with Gasteiger partial charge in [-0.05, 0) is 38.5 Å². The zero-order chi connectivity index (χ0) is 43.5. The first-order valence-electron chi connectivity index (χ1n) is 24.2. The van der Waals surface area contributed by atoms with E-state index in [9.17, 15) is 23.8 Å². The summed E-state index contributed by atoms with van der Waals surface area (Å²) in [6, 6.07) is -1.52.